The lowest BCUT2D eigenvalue weighted by atomic mass is 10.1. The number of ether oxygens (including phenoxy) is 4. The van der Waals surface area contributed by atoms with E-state index in [1.165, 1.54) is 13.8 Å². The number of ketones is 2. The van der Waals surface area contributed by atoms with E-state index in [4.69, 9.17) is 18.9 Å². The molecule has 0 aliphatic carbocycles. The van der Waals surface area contributed by atoms with Gasteiger partial charge in [0.15, 0.2) is 11.6 Å². The fourth-order valence-electron chi connectivity index (χ4n) is 2.47. The summed E-state index contributed by atoms with van der Waals surface area (Å²) >= 11 is 0. The molecule has 0 bridgehead atoms. The molecule has 1 aliphatic rings. The van der Waals surface area contributed by atoms with Crippen LogP contribution in [-0.2, 0) is 9.47 Å². The van der Waals surface area contributed by atoms with Gasteiger partial charge in [-0.3, -0.25) is 9.59 Å². The topological polar surface area (TPSA) is 71.1 Å². The first-order chi connectivity index (χ1) is 12.5. The second-order valence-electron chi connectivity index (χ2n) is 5.88. The van der Waals surface area contributed by atoms with Gasteiger partial charge in [0.2, 0.25) is 0 Å². The number of Topliss-reactive ketones (excluding diaryl/α,β-unsaturated/α-hetero) is 2. The van der Waals surface area contributed by atoms with Gasteiger partial charge in [-0.25, -0.2) is 0 Å². The van der Waals surface area contributed by atoms with Gasteiger partial charge >= 0.3 is 0 Å². The molecular weight excluding hydrogens is 336 g/mol. The molecule has 0 amide bonds. The Labute approximate surface area is 151 Å². The van der Waals surface area contributed by atoms with Crippen LogP contribution in [0.1, 0.15) is 34.6 Å². The molecule has 0 aromatic heterocycles. The van der Waals surface area contributed by atoms with Crippen molar-refractivity contribution in [3.8, 4) is 11.5 Å². The third-order valence-corrected chi connectivity index (χ3v) is 3.90. The van der Waals surface area contributed by atoms with Crippen molar-refractivity contribution in [1.29, 1.82) is 0 Å². The van der Waals surface area contributed by atoms with Crippen molar-refractivity contribution >= 4 is 11.6 Å². The number of hydrogen-bond acceptors (Lipinski definition) is 6. The molecule has 1 aliphatic heterocycles. The van der Waals surface area contributed by atoms with Crippen molar-refractivity contribution in [1.82, 2.24) is 0 Å². The molecule has 26 heavy (non-hydrogen) atoms. The van der Waals surface area contributed by atoms with Gasteiger partial charge in [-0.05, 0) is 62.4 Å². The van der Waals surface area contributed by atoms with Gasteiger partial charge in [-0.2, -0.15) is 0 Å². The van der Waals surface area contributed by atoms with Crippen LogP contribution in [0.5, 0.6) is 11.5 Å². The Hall–Kier alpha value is -2.70. The van der Waals surface area contributed by atoms with Gasteiger partial charge in [0.1, 0.15) is 11.5 Å². The second kappa shape index (κ2) is 8.12. The van der Waals surface area contributed by atoms with Crippen LogP contribution in [0.3, 0.4) is 0 Å². The summed E-state index contributed by atoms with van der Waals surface area (Å²) in [6.45, 7) is 3.79. The second-order valence-corrected chi connectivity index (χ2v) is 5.88. The van der Waals surface area contributed by atoms with Gasteiger partial charge < -0.3 is 18.9 Å². The summed E-state index contributed by atoms with van der Waals surface area (Å²) in [4.78, 5) is 22.7. The van der Waals surface area contributed by atoms with Crippen LogP contribution >= 0.6 is 0 Å². The number of carbonyl (C=O) groups excluding carboxylic acids is 2. The minimum Gasteiger partial charge on any atom is -0.458 e. The monoisotopic (exact) mass is 356 g/mol. The molecule has 1 heterocycles. The molecule has 136 valence electrons. The van der Waals surface area contributed by atoms with E-state index in [0.717, 1.165) is 0 Å². The van der Waals surface area contributed by atoms with Crippen molar-refractivity contribution in [2.45, 2.75) is 26.4 Å². The summed E-state index contributed by atoms with van der Waals surface area (Å²) in [6.07, 6.45) is -1.50. The van der Waals surface area contributed by atoms with E-state index < -0.39 is 12.6 Å². The molecule has 2 aromatic rings. The molecule has 6 nitrogen and oxygen atoms in total. The van der Waals surface area contributed by atoms with Crippen LogP contribution in [0.2, 0.25) is 0 Å². The molecule has 3 rings (SSSR count). The third-order valence-electron chi connectivity index (χ3n) is 3.90. The summed E-state index contributed by atoms with van der Waals surface area (Å²) < 4.78 is 22.8. The SMILES string of the molecule is CC(=O)c1ccc(O[C@H]2OCCO[C@@H]2Oc2ccc(C(C)=O)cc2)cc1. The van der Waals surface area contributed by atoms with E-state index >= 15 is 0 Å². The average molecular weight is 356 g/mol. The quantitative estimate of drug-likeness (QED) is 0.740. The van der Waals surface area contributed by atoms with Crippen molar-refractivity contribution in [2.24, 2.45) is 0 Å². The molecule has 0 spiro atoms. The highest BCUT2D eigenvalue weighted by Crippen LogP contribution is 2.22. The Balaban J connectivity index is 1.67. The van der Waals surface area contributed by atoms with Crippen LogP contribution < -0.4 is 9.47 Å². The Morgan fingerprint density at radius 3 is 1.38 bits per heavy atom. The van der Waals surface area contributed by atoms with Crippen LogP contribution in [0.4, 0.5) is 0 Å². The first kappa shape index (κ1) is 18.1. The van der Waals surface area contributed by atoms with Crippen molar-refractivity contribution in [3.63, 3.8) is 0 Å². The predicted molar refractivity (Wildman–Crippen MR) is 93.6 cm³/mol. The molecule has 2 atom stereocenters. The molecule has 0 N–H and O–H groups in total. The molecule has 0 unspecified atom stereocenters. The normalized spacial score (nSPS) is 19.6. The minimum absolute atomic E-state index is 0.0102. The summed E-state index contributed by atoms with van der Waals surface area (Å²) in [6, 6.07) is 13.6. The van der Waals surface area contributed by atoms with E-state index in [-0.39, 0.29) is 11.6 Å². The fraction of sp³-hybridized carbons (Fsp3) is 0.300. The number of carbonyl (C=O) groups is 2. The predicted octanol–water partition coefficient (Wildman–Crippen LogP) is 3.25. The molecule has 1 saturated heterocycles. The van der Waals surface area contributed by atoms with Crippen molar-refractivity contribution < 1.29 is 28.5 Å². The first-order valence-corrected chi connectivity index (χ1v) is 8.31. The van der Waals surface area contributed by atoms with Gasteiger partial charge in [0.25, 0.3) is 12.6 Å². The zero-order valence-corrected chi connectivity index (χ0v) is 14.6. The lowest BCUT2D eigenvalue weighted by Crippen LogP contribution is -2.45. The molecule has 2 aromatic carbocycles. The van der Waals surface area contributed by atoms with E-state index in [1.54, 1.807) is 48.5 Å². The van der Waals surface area contributed by atoms with E-state index in [2.05, 4.69) is 0 Å². The third kappa shape index (κ3) is 4.47. The largest absolute Gasteiger partial charge is 0.458 e. The highest BCUT2D eigenvalue weighted by atomic mass is 16.8. The standard InChI is InChI=1S/C20H20O6/c1-13(21)15-3-7-17(8-4-15)25-19-20(24-12-11-23-19)26-18-9-5-16(6-10-18)14(2)22/h3-10,19-20H,11-12H2,1-2H3/t19-,20-/m1/s1. The van der Waals surface area contributed by atoms with E-state index in [9.17, 15) is 9.59 Å². The average Bonchev–Trinajstić information content (AvgIpc) is 2.64. The molecule has 1 fully saturated rings. The molecular formula is C20H20O6. The van der Waals surface area contributed by atoms with E-state index in [1.807, 2.05) is 0 Å². The van der Waals surface area contributed by atoms with Crippen molar-refractivity contribution in [3.05, 3.63) is 59.7 Å². The van der Waals surface area contributed by atoms with Crippen LogP contribution in [0, 0.1) is 0 Å². The number of hydrogen-bond donors (Lipinski definition) is 0. The number of benzene rings is 2. The Morgan fingerprint density at radius 2 is 1.08 bits per heavy atom. The lowest BCUT2D eigenvalue weighted by Gasteiger charge is -2.31. The van der Waals surface area contributed by atoms with Gasteiger partial charge in [-0.15, -0.1) is 0 Å². The maximum absolute atomic E-state index is 11.3. The molecule has 0 saturated carbocycles. The number of rotatable bonds is 6. The maximum Gasteiger partial charge on any atom is 0.263 e. The molecule has 6 heteroatoms. The van der Waals surface area contributed by atoms with E-state index in [0.29, 0.717) is 35.8 Å². The maximum atomic E-state index is 11.3. The van der Waals surface area contributed by atoms with Gasteiger partial charge in [-0.1, -0.05) is 0 Å². The Kier molecular flexibility index (Phi) is 5.65. The zero-order valence-electron chi connectivity index (χ0n) is 14.6. The zero-order chi connectivity index (χ0) is 18.5. The minimum atomic E-state index is -0.751. The smallest absolute Gasteiger partial charge is 0.263 e. The summed E-state index contributed by atoms with van der Waals surface area (Å²) in [5.41, 5.74) is 1.22. The van der Waals surface area contributed by atoms with Crippen LogP contribution in [0.15, 0.2) is 48.5 Å². The van der Waals surface area contributed by atoms with Gasteiger partial charge in [0.05, 0.1) is 13.2 Å². The highest BCUT2D eigenvalue weighted by molar-refractivity contribution is 5.94. The summed E-state index contributed by atoms with van der Waals surface area (Å²) in [5.74, 6) is 1.07. The van der Waals surface area contributed by atoms with Crippen molar-refractivity contribution in [2.75, 3.05) is 13.2 Å². The first-order valence-electron chi connectivity index (χ1n) is 8.31. The lowest BCUT2D eigenvalue weighted by molar-refractivity contribution is -0.271. The Morgan fingerprint density at radius 1 is 0.731 bits per heavy atom. The van der Waals surface area contributed by atoms with Crippen LogP contribution in [0.25, 0.3) is 0 Å². The van der Waals surface area contributed by atoms with Gasteiger partial charge in [0, 0.05) is 11.1 Å². The van der Waals surface area contributed by atoms with Crippen LogP contribution in [-0.4, -0.2) is 37.4 Å². The Bertz CT molecular complexity index is 698. The highest BCUT2D eigenvalue weighted by Gasteiger charge is 2.31. The summed E-state index contributed by atoms with van der Waals surface area (Å²) in [7, 11) is 0. The molecule has 0 radical (unpaired) electrons. The fourth-order valence-corrected chi connectivity index (χ4v) is 2.47. The summed E-state index contributed by atoms with van der Waals surface area (Å²) in [5, 5.41) is 0.